The van der Waals surface area contributed by atoms with E-state index in [2.05, 4.69) is 50.0 Å². The van der Waals surface area contributed by atoms with Crippen LogP contribution in [0.15, 0.2) is 52.1 Å². The van der Waals surface area contributed by atoms with Crippen LogP contribution in [0, 0.1) is 13.8 Å². The van der Waals surface area contributed by atoms with Crippen LogP contribution >= 0.6 is 0 Å². The molecule has 3 rings (SSSR count). The molecule has 2 heterocycles. The van der Waals surface area contributed by atoms with Crippen LogP contribution in [0.3, 0.4) is 0 Å². The summed E-state index contributed by atoms with van der Waals surface area (Å²) in [6.07, 6.45) is 4.61. The van der Waals surface area contributed by atoms with Gasteiger partial charge in [-0.1, -0.05) is 12.1 Å². The second-order valence-corrected chi connectivity index (χ2v) is 5.97. The first kappa shape index (κ1) is 17.7. The summed E-state index contributed by atoms with van der Waals surface area (Å²) in [5.41, 5.74) is 3.23. The molecule has 7 heteroatoms. The fraction of sp³-hybridized carbons (Fsp3) is 0.316. The van der Waals surface area contributed by atoms with Crippen LogP contribution in [0.5, 0.6) is 0 Å². The number of hydrogen-bond acceptors (Lipinski definition) is 4. The zero-order chi connectivity index (χ0) is 18.4. The maximum absolute atomic E-state index is 5.56. The molecule has 0 amide bonds. The molecule has 0 fully saturated rings. The first-order chi connectivity index (χ1) is 12.7. The van der Waals surface area contributed by atoms with E-state index in [-0.39, 0.29) is 0 Å². The highest BCUT2D eigenvalue weighted by Crippen LogP contribution is 2.09. The number of aromatic nitrogens is 3. The van der Waals surface area contributed by atoms with Gasteiger partial charge in [-0.05, 0) is 44.0 Å². The van der Waals surface area contributed by atoms with Gasteiger partial charge in [0.1, 0.15) is 5.76 Å². The second-order valence-electron chi connectivity index (χ2n) is 5.97. The summed E-state index contributed by atoms with van der Waals surface area (Å²) in [6.45, 7) is 5.14. The van der Waals surface area contributed by atoms with E-state index in [9.17, 15) is 0 Å². The van der Waals surface area contributed by atoms with Gasteiger partial charge in [0.2, 0.25) is 5.89 Å². The van der Waals surface area contributed by atoms with Gasteiger partial charge in [-0.25, -0.2) is 9.67 Å². The van der Waals surface area contributed by atoms with E-state index in [0.29, 0.717) is 12.4 Å². The molecule has 136 valence electrons. The minimum absolute atomic E-state index is 0.507. The molecular formula is C19H24N6O. The van der Waals surface area contributed by atoms with E-state index >= 15 is 0 Å². The van der Waals surface area contributed by atoms with Crippen molar-refractivity contribution in [3.63, 3.8) is 0 Å². The average molecular weight is 352 g/mol. The number of guanidine groups is 1. The fourth-order valence-corrected chi connectivity index (χ4v) is 2.56. The molecule has 26 heavy (non-hydrogen) atoms. The van der Waals surface area contributed by atoms with Crippen LogP contribution < -0.4 is 10.6 Å². The molecular weight excluding hydrogens is 328 g/mol. The van der Waals surface area contributed by atoms with Crippen LogP contribution in [-0.2, 0) is 13.0 Å². The van der Waals surface area contributed by atoms with Gasteiger partial charge in [-0.3, -0.25) is 4.99 Å². The molecule has 0 unspecified atom stereocenters. The molecule has 0 spiro atoms. The highest BCUT2D eigenvalue weighted by Gasteiger charge is 2.06. The predicted octanol–water partition coefficient (Wildman–Crippen LogP) is 2.38. The summed E-state index contributed by atoms with van der Waals surface area (Å²) >= 11 is 0. The molecule has 0 radical (unpaired) electrons. The Morgan fingerprint density at radius 3 is 2.62 bits per heavy atom. The number of rotatable bonds is 6. The van der Waals surface area contributed by atoms with Crippen LogP contribution in [0.25, 0.3) is 5.69 Å². The zero-order valence-corrected chi connectivity index (χ0v) is 15.4. The van der Waals surface area contributed by atoms with Crippen LogP contribution in [0.2, 0.25) is 0 Å². The van der Waals surface area contributed by atoms with Gasteiger partial charge >= 0.3 is 0 Å². The molecule has 0 atom stereocenters. The molecule has 2 N–H and O–H groups in total. The van der Waals surface area contributed by atoms with Crippen LogP contribution in [0.1, 0.15) is 22.9 Å². The SMILES string of the molecule is CN=C(NCCc1ccc(-n2cccn2)cc1)NCc1nc(C)c(C)o1. The minimum atomic E-state index is 0.507. The predicted molar refractivity (Wildman–Crippen MR) is 101 cm³/mol. The van der Waals surface area contributed by atoms with E-state index in [1.165, 1.54) is 5.56 Å². The highest BCUT2D eigenvalue weighted by molar-refractivity contribution is 5.79. The highest BCUT2D eigenvalue weighted by atomic mass is 16.4. The van der Waals surface area contributed by atoms with Crippen molar-refractivity contribution in [1.29, 1.82) is 0 Å². The van der Waals surface area contributed by atoms with Crippen molar-refractivity contribution in [1.82, 2.24) is 25.4 Å². The van der Waals surface area contributed by atoms with Crippen molar-refractivity contribution >= 4 is 5.96 Å². The third kappa shape index (κ3) is 4.50. The van der Waals surface area contributed by atoms with E-state index < -0.39 is 0 Å². The van der Waals surface area contributed by atoms with Crippen molar-refractivity contribution in [2.45, 2.75) is 26.8 Å². The molecule has 1 aromatic carbocycles. The maximum atomic E-state index is 5.56. The molecule has 2 aromatic heterocycles. The minimum Gasteiger partial charge on any atom is -0.444 e. The molecule has 7 nitrogen and oxygen atoms in total. The smallest absolute Gasteiger partial charge is 0.214 e. The lowest BCUT2D eigenvalue weighted by molar-refractivity contribution is 0.464. The Bertz CT molecular complexity index is 829. The van der Waals surface area contributed by atoms with Crippen molar-refractivity contribution in [2.24, 2.45) is 4.99 Å². The molecule has 0 aliphatic rings. The van der Waals surface area contributed by atoms with Gasteiger partial charge in [-0.2, -0.15) is 5.10 Å². The van der Waals surface area contributed by atoms with E-state index in [1.54, 1.807) is 13.2 Å². The van der Waals surface area contributed by atoms with Gasteiger partial charge in [-0.15, -0.1) is 0 Å². The summed E-state index contributed by atoms with van der Waals surface area (Å²) in [5, 5.41) is 10.7. The summed E-state index contributed by atoms with van der Waals surface area (Å²) in [6, 6.07) is 10.3. The van der Waals surface area contributed by atoms with Gasteiger partial charge < -0.3 is 15.1 Å². The normalized spacial score (nSPS) is 11.6. The standard InChI is InChI=1S/C19H24N6O/c1-14-15(2)26-18(24-14)13-22-19(20-3)21-11-9-16-5-7-17(8-6-16)25-12-4-10-23-25/h4-8,10,12H,9,11,13H2,1-3H3,(H2,20,21,22). The number of nitrogens with one attached hydrogen (secondary N) is 2. The molecule has 0 aliphatic heterocycles. The zero-order valence-electron chi connectivity index (χ0n) is 15.4. The van der Waals surface area contributed by atoms with Crippen molar-refractivity contribution < 1.29 is 4.42 Å². The maximum Gasteiger partial charge on any atom is 0.214 e. The Morgan fingerprint density at radius 1 is 1.19 bits per heavy atom. The molecule has 0 saturated carbocycles. The van der Waals surface area contributed by atoms with E-state index in [0.717, 1.165) is 36.1 Å². The first-order valence-electron chi connectivity index (χ1n) is 8.62. The Kier molecular flexibility index (Phi) is 5.68. The van der Waals surface area contributed by atoms with E-state index in [1.807, 2.05) is 30.8 Å². The number of hydrogen-bond donors (Lipinski definition) is 2. The van der Waals surface area contributed by atoms with E-state index in [4.69, 9.17) is 4.42 Å². The molecule has 0 bridgehead atoms. The molecule has 3 aromatic rings. The van der Waals surface area contributed by atoms with Crippen molar-refractivity contribution in [3.05, 3.63) is 65.6 Å². The summed E-state index contributed by atoms with van der Waals surface area (Å²) < 4.78 is 7.41. The summed E-state index contributed by atoms with van der Waals surface area (Å²) in [4.78, 5) is 8.58. The monoisotopic (exact) mass is 352 g/mol. The van der Waals surface area contributed by atoms with Gasteiger partial charge in [0.05, 0.1) is 17.9 Å². The summed E-state index contributed by atoms with van der Waals surface area (Å²) in [5.74, 6) is 2.24. The Morgan fingerprint density at radius 2 is 2.00 bits per heavy atom. The second kappa shape index (κ2) is 8.33. The Hall–Kier alpha value is -3.09. The van der Waals surface area contributed by atoms with Gasteiger partial charge in [0.25, 0.3) is 0 Å². The largest absolute Gasteiger partial charge is 0.444 e. The first-order valence-corrected chi connectivity index (χ1v) is 8.62. The molecule has 0 aliphatic carbocycles. The number of aryl methyl sites for hydroxylation is 2. The lowest BCUT2D eigenvalue weighted by Crippen LogP contribution is -2.37. The average Bonchev–Trinajstić information content (AvgIpc) is 3.29. The van der Waals surface area contributed by atoms with Crippen LogP contribution in [0.4, 0.5) is 0 Å². The number of oxazole rings is 1. The number of nitrogens with zero attached hydrogens (tertiary/aromatic N) is 4. The number of benzene rings is 1. The summed E-state index contributed by atoms with van der Waals surface area (Å²) in [7, 11) is 1.75. The quantitative estimate of drug-likeness (QED) is 0.526. The fourth-order valence-electron chi connectivity index (χ4n) is 2.56. The lowest BCUT2D eigenvalue weighted by Gasteiger charge is -2.11. The van der Waals surface area contributed by atoms with Gasteiger partial charge in [0.15, 0.2) is 5.96 Å². The van der Waals surface area contributed by atoms with Gasteiger partial charge in [0, 0.05) is 26.0 Å². The third-order valence-electron chi connectivity index (χ3n) is 4.11. The molecule has 0 saturated heterocycles. The lowest BCUT2D eigenvalue weighted by atomic mass is 10.1. The number of aliphatic imine (C=N–C) groups is 1. The Balaban J connectivity index is 1.45. The van der Waals surface area contributed by atoms with Crippen molar-refractivity contribution in [2.75, 3.05) is 13.6 Å². The van der Waals surface area contributed by atoms with Crippen LogP contribution in [-0.4, -0.2) is 34.3 Å². The third-order valence-corrected chi connectivity index (χ3v) is 4.11. The topological polar surface area (TPSA) is 80.3 Å². The van der Waals surface area contributed by atoms with Crippen molar-refractivity contribution in [3.8, 4) is 5.69 Å². The Labute approximate surface area is 153 Å².